The summed E-state index contributed by atoms with van der Waals surface area (Å²) in [7, 11) is 0. The van der Waals surface area contributed by atoms with Crippen LogP contribution in [-0.2, 0) is 6.42 Å². The Morgan fingerprint density at radius 1 is 1.20 bits per heavy atom. The fraction of sp³-hybridized carbons (Fsp3) is 0.571. The molecule has 0 spiro atoms. The molecule has 1 heteroatoms. The Hall–Kier alpha value is -0.300. The third-order valence-corrected chi connectivity index (χ3v) is 3.02. The predicted octanol–water partition coefficient (Wildman–Crippen LogP) is 5.55. The van der Waals surface area contributed by atoms with E-state index in [2.05, 4.69) is 54.9 Å². The van der Waals surface area contributed by atoms with Gasteiger partial charge in [-0.25, -0.2) is 0 Å². The molecule has 0 fully saturated rings. The molecule has 0 aliphatic carbocycles. The molecule has 0 heterocycles. The Labute approximate surface area is 103 Å². The number of benzene rings is 1. The lowest BCUT2D eigenvalue weighted by atomic mass is 9.95. The molecule has 15 heavy (non-hydrogen) atoms. The first-order chi connectivity index (χ1) is 7.16. The zero-order chi connectivity index (χ0) is 11.8. The fourth-order valence-corrected chi connectivity index (χ4v) is 2.21. The minimum atomic E-state index is 0.624. The Morgan fingerprint density at radius 2 is 1.80 bits per heavy atom. The minimum absolute atomic E-state index is 0.624. The molecule has 0 N–H and O–H groups in total. The van der Waals surface area contributed by atoms with Gasteiger partial charge in [0.15, 0.2) is 0 Å². The maximum atomic E-state index is 3.62. The molecule has 0 aliphatic heterocycles. The monoisotopic (exact) mass is 270 g/mol. The van der Waals surface area contributed by atoms with E-state index >= 15 is 0 Å². The van der Waals surface area contributed by atoms with Crippen molar-refractivity contribution < 1.29 is 0 Å². The summed E-state index contributed by atoms with van der Waals surface area (Å²) in [5.41, 5.74) is 2.97. The highest BCUT2D eigenvalue weighted by molar-refractivity contribution is 9.10. The molecule has 0 amide bonds. The molecule has 0 unspecified atom stereocenters. The SMILES string of the molecule is CC.CCCc1c(Br)cccc1C(C)C. The summed E-state index contributed by atoms with van der Waals surface area (Å²) in [6.45, 7) is 10.7. The molecule has 0 saturated heterocycles. The van der Waals surface area contributed by atoms with Crippen molar-refractivity contribution in [1.82, 2.24) is 0 Å². The van der Waals surface area contributed by atoms with Gasteiger partial charge in [-0.05, 0) is 29.5 Å². The predicted molar refractivity (Wildman–Crippen MR) is 73.6 cm³/mol. The molecule has 1 rings (SSSR count). The second kappa shape index (κ2) is 7.92. The standard InChI is InChI=1S/C12H17Br.C2H6/c1-4-6-11-10(9(2)3)7-5-8-12(11)13;1-2/h5,7-9H,4,6H2,1-3H3;1-2H3. The Bertz CT molecular complexity index is 277. The second-order valence-electron chi connectivity index (χ2n) is 3.71. The lowest BCUT2D eigenvalue weighted by molar-refractivity contribution is 0.817. The lowest BCUT2D eigenvalue weighted by Gasteiger charge is -2.13. The number of hydrogen-bond donors (Lipinski definition) is 0. The van der Waals surface area contributed by atoms with Crippen molar-refractivity contribution in [3.05, 3.63) is 33.8 Å². The van der Waals surface area contributed by atoms with E-state index in [-0.39, 0.29) is 0 Å². The summed E-state index contributed by atoms with van der Waals surface area (Å²) in [5, 5.41) is 0. The van der Waals surface area contributed by atoms with E-state index in [1.165, 1.54) is 28.4 Å². The molecule has 0 saturated carbocycles. The van der Waals surface area contributed by atoms with Gasteiger partial charge in [0.1, 0.15) is 0 Å². The number of hydrogen-bond acceptors (Lipinski definition) is 0. The van der Waals surface area contributed by atoms with Crippen molar-refractivity contribution in [2.24, 2.45) is 0 Å². The van der Waals surface area contributed by atoms with Gasteiger partial charge in [0, 0.05) is 4.47 Å². The Kier molecular flexibility index (Phi) is 7.76. The van der Waals surface area contributed by atoms with Crippen LogP contribution in [-0.4, -0.2) is 0 Å². The van der Waals surface area contributed by atoms with Crippen molar-refractivity contribution in [2.45, 2.75) is 53.4 Å². The first-order valence-electron chi connectivity index (χ1n) is 5.94. The van der Waals surface area contributed by atoms with E-state index in [0.29, 0.717) is 5.92 Å². The van der Waals surface area contributed by atoms with E-state index in [1.807, 2.05) is 13.8 Å². The maximum absolute atomic E-state index is 3.62. The normalized spacial score (nSPS) is 9.80. The van der Waals surface area contributed by atoms with Gasteiger partial charge in [0.05, 0.1) is 0 Å². The van der Waals surface area contributed by atoms with Crippen LogP contribution in [0.1, 0.15) is 58.1 Å². The van der Waals surface area contributed by atoms with Crippen molar-refractivity contribution in [2.75, 3.05) is 0 Å². The average molecular weight is 271 g/mol. The van der Waals surface area contributed by atoms with Gasteiger partial charge >= 0.3 is 0 Å². The summed E-state index contributed by atoms with van der Waals surface area (Å²) >= 11 is 3.62. The maximum Gasteiger partial charge on any atom is 0.0210 e. The Morgan fingerprint density at radius 3 is 2.27 bits per heavy atom. The summed E-state index contributed by atoms with van der Waals surface area (Å²) in [6.07, 6.45) is 2.39. The van der Waals surface area contributed by atoms with Gasteiger partial charge in [-0.2, -0.15) is 0 Å². The topological polar surface area (TPSA) is 0 Å². The molecule has 0 aliphatic rings. The second-order valence-corrected chi connectivity index (χ2v) is 4.57. The number of rotatable bonds is 3. The zero-order valence-electron chi connectivity index (χ0n) is 10.6. The summed E-state index contributed by atoms with van der Waals surface area (Å²) in [5.74, 6) is 0.624. The van der Waals surface area contributed by atoms with Crippen molar-refractivity contribution in [3.8, 4) is 0 Å². The summed E-state index contributed by atoms with van der Waals surface area (Å²) in [4.78, 5) is 0. The van der Waals surface area contributed by atoms with Crippen LogP contribution in [0.25, 0.3) is 0 Å². The molecule has 0 nitrogen and oxygen atoms in total. The van der Waals surface area contributed by atoms with Gasteiger partial charge in [-0.1, -0.05) is 69.1 Å². The first-order valence-corrected chi connectivity index (χ1v) is 6.73. The number of halogens is 1. The van der Waals surface area contributed by atoms with Crippen LogP contribution in [0.5, 0.6) is 0 Å². The summed E-state index contributed by atoms with van der Waals surface area (Å²) in [6, 6.07) is 6.50. The molecule has 1 aromatic rings. The highest BCUT2D eigenvalue weighted by Crippen LogP contribution is 2.27. The molecular formula is C14H23Br. The molecule has 0 aromatic heterocycles. The van der Waals surface area contributed by atoms with Gasteiger partial charge < -0.3 is 0 Å². The van der Waals surface area contributed by atoms with Crippen LogP contribution in [0.3, 0.4) is 0 Å². The smallest absolute Gasteiger partial charge is 0.0210 e. The molecule has 0 atom stereocenters. The van der Waals surface area contributed by atoms with Crippen LogP contribution in [0.2, 0.25) is 0 Å². The van der Waals surface area contributed by atoms with Gasteiger partial charge in [-0.3, -0.25) is 0 Å². The molecule has 86 valence electrons. The van der Waals surface area contributed by atoms with Crippen molar-refractivity contribution >= 4 is 15.9 Å². The lowest BCUT2D eigenvalue weighted by Crippen LogP contribution is -1.96. The molecule has 0 bridgehead atoms. The third-order valence-electron chi connectivity index (χ3n) is 2.28. The highest BCUT2D eigenvalue weighted by atomic mass is 79.9. The first kappa shape index (κ1) is 14.7. The van der Waals surface area contributed by atoms with E-state index in [9.17, 15) is 0 Å². The van der Waals surface area contributed by atoms with Gasteiger partial charge in [0.2, 0.25) is 0 Å². The summed E-state index contributed by atoms with van der Waals surface area (Å²) < 4.78 is 1.26. The van der Waals surface area contributed by atoms with Crippen LogP contribution in [0.4, 0.5) is 0 Å². The third kappa shape index (κ3) is 4.38. The molecular weight excluding hydrogens is 248 g/mol. The zero-order valence-corrected chi connectivity index (χ0v) is 12.2. The van der Waals surface area contributed by atoms with E-state index < -0.39 is 0 Å². The van der Waals surface area contributed by atoms with Gasteiger partial charge in [-0.15, -0.1) is 0 Å². The van der Waals surface area contributed by atoms with Crippen LogP contribution < -0.4 is 0 Å². The van der Waals surface area contributed by atoms with Crippen LogP contribution in [0.15, 0.2) is 22.7 Å². The average Bonchev–Trinajstić information content (AvgIpc) is 2.24. The van der Waals surface area contributed by atoms with E-state index in [1.54, 1.807) is 0 Å². The Balaban J connectivity index is 0.000000921. The van der Waals surface area contributed by atoms with Crippen LogP contribution >= 0.6 is 15.9 Å². The van der Waals surface area contributed by atoms with Gasteiger partial charge in [0.25, 0.3) is 0 Å². The molecule has 0 radical (unpaired) electrons. The highest BCUT2D eigenvalue weighted by Gasteiger charge is 2.08. The van der Waals surface area contributed by atoms with E-state index in [4.69, 9.17) is 0 Å². The minimum Gasteiger partial charge on any atom is -0.0683 e. The van der Waals surface area contributed by atoms with E-state index in [0.717, 1.165) is 0 Å². The van der Waals surface area contributed by atoms with Crippen molar-refractivity contribution in [3.63, 3.8) is 0 Å². The molecule has 1 aromatic carbocycles. The largest absolute Gasteiger partial charge is 0.0683 e. The quantitative estimate of drug-likeness (QED) is 0.676. The van der Waals surface area contributed by atoms with Crippen LogP contribution in [0, 0.1) is 0 Å². The van der Waals surface area contributed by atoms with Crippen molar-refractivity contribution in [1.29, 1.82) is 0 Å². The fourth-order valence-electron chi connectivity index (χ4n) is 1.63.